The van der Waals surface area contributed by atoms with E-state index in [1.54, 1.807) is 0 Å². The predicted octanol–water partition coefficient (Wildman–Crippen LogP) is 1.43. The zero-order valence-corrected chi connectivity index (χ0v) is 12.8. The van der Waals surface area contributed by atoms with Gasteiger partial charge in [-0.2, -0.15) is 5.48 Å². The highest BCUT2D eigenvalue weighted by molar-refractivity contribution is 5.80. The van der Waals surface area contributed by atoms with E-state index in [4.69, 9.17) is 0 Å². The van der Waals surface area contributed by atoms with Gasteiger partial charge in [0, 0.05) is 13.6 Å². The van der Waals surface area contributed by atoms with Gasteiger partial charge in [-0.1, -0.05) is 34.6 Å². The van der Waals surface area contributed by atoms with Gasteiger partial charge < -0.3 is 15.5 Å². The minimum Gasteiger partial charge on any atom is -0.369 e. The van der Waals surface area contributed by atoms with Crippen molar-refractivity contribution in [3.63, 3.8) is 0 Å². The molecular weight excluding hydrogens is 246 g/mol. The molecule has 0 bridgehead atoms. The second-order valence-corrected chi connectivity index (χ2v) is 6.17. The quantitative estimate of drug-likeness (QED) is 0.640. The Labute approximate surface area is 115 Å². The summed E-state index contributed by atoms with van der Waals surface area (Å²) in [5, 5.41) is 5.16. The van der Waals surface area contributed by atoms with Crippen molar-refractivity contribution >= 4 is 12.0 Å². The van der Waals surface area contributed by atoms with Crippen LogP contribution < -0.4 is 16.1 Å². The van der Waals surface area contributed by atoms with E-state index in [2.05, 4.69) is 55.6 Å². The van der Waals surface area contributed by atoms with Crippen LogP contribution in [0.15, 0.2) is 0 Å². The molecule has 0 saturated carbocycles. The number of hydrogen-bond acceptors (Lipinski definition) is 4. The summed E-state index contributed by atoms with van der Waals surface area (Å²) >= 11 is 0. The van der Waals surface area contributed by atoms with Crippen LogP contribution in [0.3, 0.4) is 0 Å². The van der Waals surface area contributed by atoms with Crippen LogP contribution in [0.25, 0.3) is 0 Å². The summed E-state index contributed by atoms with van der Waals surface area (Å²) in [6.45, 7) is 11.3. The van der Waals surface area contributed by atoms with Crippen LogP contribution in [-0.4, -0.2) is 32.1 Å². The Morgan fingerprint density at radius 3 is 2.11 bits per heavy atom. The van der Waals surface area contributed by atoms with E-state index in [9.17, 15) is 9.59 Å². The SMILES string of the molecule is CNOC(=O)CNC(=O)NCCC(C)(C)C(C)(C)C. The summed E-state index contributed by atoms with van der Waals surface area (Å²) in [5.74, 6) is -0.535. The maximum atomic E-state index is 11.4. The van der Waals surface area contributed by atoms with Gasteiger partial charge in [-0.3, -0.25) is 0 Å². The Morgan fingerprint density at radius 1 is 1.05 bits per heavy atom. The maximum Gasteiger partial charge on any atom is 0.344 e. The number of nitrogens with one attached hydrogen (secondary N) is 3. The number of hydroxylamine groups is 1. The van der Waals surface area contributed by atoms with E-state index in [0.29, 0.717) is 6.54 Å². The van der Waals surface area contributed by atoms with Gasteiger partial charge in [0.15, 0.2) is 0 Å². The number of carbonyl (C=O) groups is 2. The molecule has 0 aromatic carbocycles. The molecule has 112 valence electrons. The molecular formula is C13H27N3O3. The van der Waals surface area contributed by atoms with Gasteiger partial charge in [-0.25, -0.2) is 9.59 Å². The molecule has 0 aromatic rings. The first-order valence-electron chi connectivity index (χ1n) is 6.48. The van der Waals surface area contributed by atoms with Crippen LogP contribution in [0, 0.1) is 10.8 Å². The lowest BCUT2D eigenvalue weighted by Crippen LogP contribution is -2.42. The van der Waals surface area contributed by atoms with Crippen LogP contribution in [0.2, 0.25) is 0 Å². The highest BCUT2D eigenvalue weighted by Gasteiger charge is 2.32. The normalized spacial score (nSPS) is 11.9. The lowest BCUT2D eigenvalue weighted by molar-refractivity contribution is -0.148. The third kappa shape index (κ3) is 7.00. The first kappa shape index (κ1) is 17.7. The number of amides is 2. The molecule has 6 nitrogen and oxygen atoms in total. The van der Waals surface area contributed by atoms with Crippen molar-refractivity contribution in [2.45, 2.75) is 41.0 Å². The van der Waals surface area contributed by atoms with Crippen LogP contribution in [0.1, 0.15) is 41.0 Å². The Hall–Kier alpha value is -1.30. The molecule has 19 heavy (non-hydrogen) atoms. The summed E-state index contributed by atoms with van der Waals surface area (Å²) in [6.07, 6.45) is 0.866. The van der Waals surface area contributed by atoms with Crippen molar-refractivity contribution in [3.8, 4) is 0 Å². The maximum absolute atomic E-state index is 11.4. The van der Waals surface area contributed by atoms with Crippen molar-refractivity contribution in [2.24, 2.45) is 10.8 Å². The lowest BCUT2D eigenvalue weighted by atomic mass is 9.67. The zero-order chi connectivity index (χ0) is 15.1. The topological polar surface area (TPSA) is 79.5 Å². The van der Waals surface area contributed by atoms with Gasteiger partial charge in [0.05, 0.1) is 0 Å². The summed E-state index contributed by atoms with van der Waals surface area (Å²) in [4.78, 5) is 26.9. The van der Waals surface area contributed by atoms with Gasteiger partial charge in [0.1, 0.15) is 6.54 Å². The highest BCUT2D eigenvalue weighted by atomic mass is 16.7. The fourth-order valence-electron chi connectivity index (χ4n) is 1.23. The van der Waals surface area contributed by atoms with Gasteiger partial charge in [-0.15, -0.1) is 0 Å². The molecule has 0 aliphatic carbocycles. The second kappa shape index (κ2) is 7.33. The van der Waals surface area contributed by atoms with Crippen LogP contribution in [0.4, 0.5) is 4.79 Å². The number of rotatable bonds is 6. The lowest BCUT2D eigenvalue weighted by Gasteiger charge is -2.39. The number of carbonyl (C=O) groups excluding carboxylic acids is 2. The Morgan fingerprint density at radius 2 is 1.63 bits per heavy atom. The molecule has 0 aliphatic heterocycles. The molecule has 0 fully saturated rings. The summed E-state index contributed by atoms with van der Waals surface area (Å²) in [6, 6.07) is -0.363. The average Bonchev–Trinajstić information content (AvgIpc) is 2.25. The summed E-state index contributed by atoms with van der Waals surface area (Å²) in [7, 11) is 1.48. The molecule has 0 unspecified atom stereocenters. The first-order chi connectivity index (χ1) is 8.60. The van der Waals surface area contributed by atoms with E-state index in [1.165, 1.54) is 7.05 Å². The first-order valence-corrected chi connectivity index (χ1v) is 6.48. The molecule has 0 aromatic heterocycles. The minimum absolute atomic E-state index is 0.116. The fourth-order valence-corrected chi connectivity index (χ4v) is 1.23. The van der Waals surface area contributed by atoms with Crippen molar-refractivity contribution in [2.75, 3.05) is 20.1 Å². The highest BCUT2D eigenvalue weighted by Crippen LogP contribution is 2.40. The van der Waals surface area contributed by atoms with E-state index in [1.807, 2.05) is 0 Å². The van der Waals surface area contributed by atoms with Gasteiger partial charge >= 0.3 is 12.0 Å². The Balaban J connectivity index is 3.90. The standard InChI is InChI=1S/C13H27N3O3/c1-12(2,3)13(4,5)7-8-15-11(18)16-9-10(17)19-14-6/h14H,7-9H2,1-6H3,(H2,15,16,18). The molecule has 0 spiro atoms. The van der Waals surface area contributed by atoms with E-state index >= 15 is 0 Å². The average molecular weight is 273 g/mol. The second-order valence-electron chi connectivity index (χ2n) is 6.17. The fraction of sp³-hybridized carbons (Fsp3) is 0.846. The van der Waals surface area contributed by atoms with Gasteiger partial charge in [-0.05, 0) is 17.3 Å². The van der Waals surface area contributed by atoms with Crippen molar-refractivity contribution in [3.05, 3.63) is 0 Å². The molecule has 6 heteroatoms. The summed E-state index contributed by atoms with van der Waals surface area (Å²) < 4.78 is 0. The molecule has 0 saturated heterocycles. The minimum atomic E-state index is -0.535. The predicted molar refractivity (Wildman–Crippen MR) is 74.4 cm³/mol. The molecule has 2 amide bonds. The van der Waals surface area contributed by atoms with Crippen molar-refractivity contribution in [1.82, 2.24) is 16.1 Å². The number of urea groups is 1. The van der Waals surface area contributed by atoms with Gasteiger partial charge in [0.25, 0.3) is 0 Å². The number of hydrogen-bond donors (Lipinski definition) is 3. The van der Waals surface area contributed by atoms with Crippen LogP contribution in [0.5, 0.6) is 0 Å². The third-order valence-electron chi connectivity index (χ3n) is 3.68. The third-order valence-corrected chi connectivity index (χ3v) is 3.68. The molecule has 0 radical (unpaired) electrons. The van der Waals surface area contributed by atoms with Crippen molar-refractivity contribution in [1.29, 1.82) is 0 Å². The van der Waals surface area contributed by atoms with Gasteiger partial charge in [0.2, 0.25) is 0 Å². The monoisotopic (exact) mass is 273 g/mol. The van der Waals surface area contributed by atoms with Crippen LogP contribution in [-0.2, 0) is 9.63 Å². The zero-order valence-electron chi connectivity index (χ0n) is 12.8. The largest absolute Gasteiger partial charge is 0.369 e. The molecule has 0 rings (SSSR count). The summed E-state index contributed by atoms with van der Waals surface area (Å²) in [5.41, 5.74) is 2.53. The van der Waals surface area contributed by atoms with Crippen molar-refractivity contribution < 1.29 is 14.4 Å². The smallest absolute Gasteiger partial charge is 0.344 e. The van der Waals surface area contributed by atoms with E-state index < -0.39 is 5.97 Å². The Kier molecular flexibility index (Phi) is 6.83. The molecule has 0 atom stereocenters. The van der Waals surface area contributed by atoms with E-state index in [0.717, 1.165) is 6.42 Å². The van der Waals surface area contributed by atoms with E-state index in [-0.39, 0.29) is 23.4 Å². The molecule has 0 aliphatic rings. The van der Waals surface area contributed by atoms with Crippen LogP contribution >= 0.6 is 0 Å². The Bertz CT molecular complexity index is 309. The molecule has 3 N–H and O–H groups in total. The molecule has 0 heterocycles.